The molecule has 1 saturated heterocycles. The normalized spacial score (nSPS) is 24.9. The molecule has 2 heterocycles. The first-order valence-corrected chi connectivity index (χ1v) is 4.21. The van der Waals surface area contributed by atoms with Gasteiger partial charge in [0.25, 0.3) is 0 Å². The Balaban J connectivity index is 2.19. The van der Waals surface area contributed by atoms with E-state index in [0.717, 1.165) is 13.0 Å². The standard InChI is InChI=1S/C8H13N3O/c1-10-4-2-3-8(10)11-6-7(12)5-9-11/h5-6,8,12H,2-4H2,1H3. The molecule has 66 valence electrons. The van der Waals surface area contributed by atoms with E-state index in [1.165, 1.54) is 12.6 Å². The second-order valence-electron chi connectivity index (χ2n) is 3.28. The monoisotopic (exact) mass is 167 g/mol. The number of likely N-dealkylation sites (tertiary alicyclic amines) is 1. The van der Waals surface area contributed by atoms with E-state index in [1.807, 2.05) is 4.68 Å². The van der Waals surface area contributed by atoms with E-state index in [4.69, 9.17) is 5.11 Å². The fourth-order valence-electron chi connectivity index (χ4n) is 1.72. The fourth-order valence-corrected chi connectivity index (χ4v) is 1.72. The van der Waals surface area contributed by atoms with Gasteiger partial charge in [0.1, 0.15) is 6.17 Å². The van der Waals surface area contributed by atoms with Gasteiger partial charge in [0.2, 0.25) is 0 Å². The molecule has 0 aromatic carbocycles. The van der Waals surface area contributed by atoms with Crippen molar-refractivity contribution in [3.8, 4) is 5.75 Å². The predicted molar refractivity (Wildman–Crippen MR) is 44.8 cm³/mol. The molecule has 1 atom stereocenters. The Hall–Kier alpha value is -1.03. The van der Waals surface area contributed by atoms with Crippen LogP contribution in [0.5, 0.6) is 5.75 Å². The van der Waals surface area contributed by atoms with Crippen LogP contribution in [0.15, 0.2) is 12.4 Å². The van der Waals surface area contributed by atoms with Crippen molar-refractivity contribution in [2.45, 2.75) is 19.0 Å². The molecular weight excluding hydrogens is 154 g/mol. The summed E-state index contributed by atoms with van der Waals surface area (Å²) in [5.74, 6) is 0.246. The molecule has 1 aliphatic rings. The van der Waals surface area contributed by atoms with Gasteiger partial charge in [-0.15, -0.1) is 0 Å². The molecule has 4 heteroatoms. The highest BCUT2D eigenvalue weighted by atomic mass is 16.3. The molecule has 0 spiro atoms. The van der Waals surface area contributed by atoms with Gasteiger partial charge < -0.3 is 5.11 Å². The molecule has 1 aromatic rings. The lowest BCUT2D eigenvalue weighted by Crippen LogP contribution is -2.23. The van der Waals surface area contributed by atoms with Gasteiger partial charge in [0, 0.05) is 0 Å². The van der Waals surface area contributed by atoms with Crippen LogP contribution in [0.25, 0.3) is 0 Å². The van der Waals surface area contributed by atoms with E-state index in [2.05, 4.69) is 17.0 Å². The summed E-state index contributed by atoms with van der Waals surface area (Å²) >= 11 is 0. The highest BCUT2D eigenvalue weighted by Gasteiger charge is 2.22. The first kappa shape index (κ1) is 7.61. The van der Waals surface area contributed by atoms with Gasteiger partial charge in [-0.3, -0.25) is 9.58 Å². The average Bonchev–Trinajstić information content (AvgIpc) is 2.58. The van der Waals surface area contributed by atoms with Gasteiger partial charge >= 0.3 is 0 Å². The molecule has 1 unspecified atom stereocenters. The van der Waals surface area contributed by atoms with Crippen LogP contribution >= 0.6 is 0 Å². The third kappa shape index (κ3) is 1.18. The summed E-state index contributed by atoms with van der Waals surface area (Å²) in [6, 6.07) is 0. The summed E-state index contributed by atoms with van der Waals surface area (Å²) in [4.78, 5) is 2.24. The van der Waals surface area contributed by atoms with Crippen LogP contribution < -0.4 is 0 Å². The van der Waals surface area contributed by atoms with Gasteiger partial charge in [-0.25, -0.2) is 0 Å². The fraction of sp³-hybridized carbons (Fsp3) is 0.625. The number of hydrogen-bond donors (Lipinski definition) is 1. The molecule has 1 aromatic heterocycles. The van der Waals surface area contributed by atoms with Crippen molar-refractivity contribution < 1.29 is 5.11 Å². The van der Waals surface area contributed by atoms with E-state index < -0.39 is 0 Å². The summed E-state index contributed by atoms with van der Waals surface area (Å²) in [7, 11) is 2.08. The highest BCUT2D eigenvalue weighted by Crippen LogP contribution is 2.25. The molecular formula is C8H13N3O. The van der Waals surface area contributed by atoms with Gasteiger partial charge in [0.05, 0.1) is 12.4 Å². The van der Waals surface area contributed by atoms with Crippen LogP contribution in [0.2, 0.25) is 0 Å². The lowest BCUT2D eigenvalue weighted by Gasteiger charge is -2.19. The van der Waals surface area contributed by atoms with Crippen molar-refractivity contribution in [3.63, 3.8) is 0 Å². The Kier molecular flexibility index (Phi) is 1.77. The topological polar surface area (TPSA) is 41.3 Å². The molecule has 1 fully saturated rings. The quantitative estimate of drug-likeness (QED) is 0.673. The summed E-state index contributed by atoms with van der Waals surface area (Å²) in [6.45, 7) is 1.12. The van der Waals surface area contributed by atoms with Crippen LogP contribution in [0.4, 0.5) is 0 Å². The molecule has 0 radical (unpaired) electrons. The Labute approximate surface area is 71.4 Å². The Morgan fingerprint density at radius 2 is 2.50 bits per heavy atom. The molecule has 1 aliphatic heterocycles. The van der Waals surface area contributed by atoms with Gasteiger partial charge in [0.15, 0.2) is 5.75 Å². The summed E-state index contributed by atoms with van der Waals surface area (Å²) in [6.07, 6.45) is 5.82. The van der Waals surface area contributed by atoms with Crippen LogP contribution in [-0.4, -0.2) is 33.4 Å². The number of aromatic nitrogens is 2. The Bertz CT molecular complexity index is 271. The average molecular weight is 167 g/mol. The van der Waals surface area contributed by atoms with Crippen molar-refractivity contribution >= 4 is 0 Å². The predicted octanol–water partition coefficient (Wildman–Crippen LogP) is 0.813. The maximum Gasteiger partial charge on any atom is 0.153 e. The van der Waals surface area contributed by atoms with E-state index in [0.29, 0.717) is 6.17 Å². The maximum atomic E-state index is 9.10. The van der Waals surface area contributed by atoms with Gasteiger partial charge in [-0.2, -0.15) is 5.10 Å². The number of hydrogen-bond acceptors (Lipinski definition) is 3. The van der Waals surface area contributed by atoms with E-state index in [9.17, 15) is 0 Å². The Morgan fingerprint density at radius 1 is 1.67 bits per heavy atom. The van der Waals surface area contributed by atoms with Crippen molar-refractivity contribution in [1.29, 1.82) is 0 Å². The maximum absolute atomic E-state index is 9.10. The second-order valence-corrected chi connectivity index (χ2v) is 3.28. The first-order valence-electron chi connectivity index (χ1n) is 4.21. The Morgan fingerprint density at radius 3 is 3.00 bits per heavy atom. The number of rotatable bonds is 1. The molecule has 4 nitrogen and oxygen atoms in total. The second kappa shape index (κ2) is 2.79. The third-order valence-corrected chi connectivity index (χ3v) is 2.38. The lowest BCUT2D eigenvalue weighted by atomic mass is 10.3. The molecule has 1 N–H and O–H groups in total. The van der Waals surface area contributed by atoms with Crippen molar-refractivity contribution in [2.24, 2.45) is 0 Å². The van der Waals surface area contributed by atoms with Crippen LogP contribution in [0, 0.1) is 0 Å². The largest absolute Gasteiger partial charge is 0.505 e. The SMILES string of the molecule is CN1CCCC1n1cc(O)cn1. The molecule has 0 saturated carbocycles. The zero-order valence-corrected chi connectivity index (χ0v) is 7.14. The number of nitrogens with zero attached hydrogens (tertiary/aromatic N) is 3. The van der Waals surface area contributed by atoms with Crippen LogP contribution in [0.3, 0.4) is 0 Å². The highest BCUT2D eigenvalue weighted by molar-refractivity contribution is 5.09. The first-order chi connectivity index (χ1) is 5.77. The van der Waals surface area contributed by atoms with Crippen molar-refractivity contribution in [3.05, 3.63) is 12.4 Å². The van der Waals surface area contributed by atoms with Crippen molar-refractivity contribution in [1.82, 2.24) is 14.7 Å². The zero-order valence-electron chi connectivity index (χ0n) is 7.14. The lowest BCUT2D eigenvalue weighted by molar-refractivity contribution is 0.220. The zero-order chi connectivity index (χ0) is 8.55. The molecule has 0 aliphatic carbocycles. The minimum atomic E-state index is 0.246. The smallest absolute Gasteiger partial charge is 0.153 e. The van der Waals surface area contributed by atoms with Crippen molar-refractivity contribution in [2.75, 3.05) is 13.6 Å². The van der Waals surface area contributed by atoms with E-state index >= 15 is 0 Å². The molecule has 2 rings (SSSR count). The van der Waals surface area contributed by atoms with E-state index in [-0.39, 0.29) is 5.75 Å². The van der Waals surface area contributed by atoms with Gasteiger partial charge in [-0.1, -0.05) is 0 Å². The summed E-state index contributed by atoms with van der Waals surface area (Å²) in [5, 5.41) is 13.2. The summed E-state index contributed by atoms with van der Waals surface area (Å²) < 4.78 is 1.82. The third-order valence-electron chi connectivity index (χ3n) is 2.38. The molecule has 0 amide bonds. The number of aromatic hydroxyl groups is 1. The van der Waals surface area contributed by atoms with E-state index in [1.54, 1.807) is 6.20 Å². The molecule has 12 heavy (non-hydrogen) atoms. The van der Waals surface area contributed by atoms with Gasteiger partial charge in [-0.05, 0) is 26.4 Å². The minimum Gasteiger partial charge on any atom is -0.505 e. The summed E-state index contributed by atoms with van der Waals surface area (Å²) in [5.41, 5.74) is 0. The minimum absolute atomic E-state index is 0.246. The van der Waals surface area contributed by atoms with Crippen LogP contribution in [0.1, 0.15) is 19.0 Å². The van der Waals surface area contributed by atoms with Crippen LogP contribution in [-0.2, 0) is 0 Å². The molecule has 0 bridgehead atoms.